The van der Waals surface area contributed by atoms with Crippen LogP contribution in [0.1, 0.15) is 44.8 Å². The molecule has 1 unspecified atom stereocenters. The van der Waals surface area contributed by atoms with E-state index in [1.807, 2.05) is 0 Å². The molecule has 6 rings (SSSR count). The molecule has 2 aromatic heterocycles. The van der Waals surface area contributed by atoms with Crippen LogP contribution in [0.2, 0.25) is 5.02 Å². The number of anilines is 1. The number of aromatic nitrogens is 3. The SMILES string of the molecule is C1COC1.CNC(=O)c1nc(NC(=O)c2nsc3ccc(F)cc23)c2n1CC(=O)NC2c1cc(F)ccc1Cl. The molecule has 1 fully saturated rings. The first-order valence-corrected chi connectivity index (χ1v) is 12.9. The van der Waals surface area contributed by atoms with Gasteiger partial charge in [0.25, 0.3) is 11.8 Å². The van der Waals surface area contributed by atoms with Gasteiger partial charge in [-0.25, -0.2) is 13.8 Å². The number of amides is 3. The molecule has 0 saturated carbocycles. The van der Waals surface area contributed by atoms with Crippen LogP contribution in [-0.2, 0) is 16.1 Å². The Hall–Kier alpha value is -3.94. The van der Waals surface area contributed by atoms with Crippen molar-refractivity contribution in [2.75, 3.05) is 25.6 Å². The summed E-state index contributed by atoms with van der Waals surface area (Å²) in [6.45, 7) is 1.73. The first-order valence-electron chi connectivity index (χ1n) is 11.8. The smallest absolute Gasteiger partial charge is 0.287 e. The maximum atomic E-state index is 14.1. The highest BCUT2D eigenvalue weighted by Gasteiger charge is 2.36. The molecule has 0 bridgehead atoms. The van der Waals surface area contributed by atoms with Crippen LogP contribution in [0, 0.1) is 11.6 Å². The van der Waals surface area contributed by atoms with E-state index >= 15 is 0 Å². The fourth-order valence-corrected chi connectivity index (χ4v) is 5.04. The molecule has 2 aromatic carbocycles. The van der Waals surface area contributed by atoms with Gasteiger partial charge in [-0.3, -0.25) is 14.4 Å². The quantitative estimate of drug-likeness (QED) is 0.341. The Labute approximate surface area is 229 Å². The molecule has 3 amide bonds. The lowest BCUT2D eigenvalue weighted by atomic mass is 10.0. The van der Waals surface area contributed by atoms with Gasteiger partial charge in [-0.05, 0) is 54.4 Å². The Morgan fingerprint density at radius 1 is 1.15 bits per heavy atom. The Kier molecular flexibility index (Phi) is 7.55. The van der Waals surface area contributed by atoms with E-state index in [1.54, 1.807) is 0 Å². The van der Waals surface area contributed by atoms with Crippen molar-refractivity contribution in [1.82, 2.24) is 24.6 Å². The molecule has 0 spiro atoms. The lowest BCUT2D eigenvalue weighted by Gasteiger charge is -2.28. The van der Waals surface area contributed by atoms with Crippen molar-refractivity contribution in [3.8, 4) is 0 Å². The van der Waals surface area contributed by atoms with E-state index in [0.29, 0.717) is 10.1 Å². The average molecular weight is 575 g/mol. The topological polar surface area (TPSA) is 127 Å². The summed E-state index contributed by atoms with van der Waals surface area (Å²) in [4.78, 5) is 42.4. The van der Waals surface area contributed by atoms with Gasteiger partial charge in [0.1, 0.15) is 23.9 Å². The van der Waals surface area contributed by atoms with E-state index in [-0.39, 0.29) is 40.2 Å². The summed E-state index contributed by atoms with van der Waals surface area (Å²) < 4.78 is 38.6. The van der Waals surface area contributed by atoms with Gasteiger partial charge in [0, 0.05) is 36.2 Å². The number of carbonyl (C=O) groups excluding carboxylic acids is 3. The highest BCUT2D eigenvalue weighted by atomic mass is 35.5. The number of benzene rings is 2. The number of hydrogen-bond acceptors (Lipinski definition) is 7. The molecule has 0 aliphatic carbocycles. The lowest BCUT2D eigenvalue weighted by Crippen LogP contribution is -2.41. The largest absolute Gasteiger partial charge is 0.381 e. The fourth-order valence-electron chi connectivity index (χ4n) is 4.06. The minimum Gasteiger partial charge on any atom is -0.381 e. The molecule has 3 N–H and O–H groups in total. The summed E-state index contributed by atoms with van der Waals surface area (Å²) in [5.74, 6) is -3.10. The second kappa shape index (κ2) is 11.0. The Morgan fingerprint density at radius 2 is 1.85 bits per heavy atom. The predicted molar refractivity (Wildman–Crippen MR) is 140 cm³/mol. The normalized spacial score (nSPS) is 15.9. The van der Waals surface area contributed by atoms with Gasteiger partial charge >= 0.3 is 0 Å². The second-order valence-electron chi connectivity index (χ2n) is 8.59. The summed E-state index contributed by atoms with van der Waals surface area (Å²) in [5.41, 5.74) is 0.392. The number of imidazole rings is 1. The number of halogens is 3. The van der Waals surface area contributed by atoms with E-state index < -0.39 is 35.4 Å². The van der Waals surface area contributed by atoms with Crippen molar-refractivity contribution in [2.45, 2.75) is 19.0 Å². The van der Waals surface area contributed by atoms with Crippen LogP contribution in [0.25, 0.3) is 10.1 Å². The summed E-state index contributed by atoms with van der Waals surface area (Å²) >= 11 is 7.32. The molecular formula is C25H21ClF2N6O4S. The number of hydrogen-bond donors (Lipinski definition) is 3. The van der Waals surface area contributed by atoms with Gasteiger partial charge < -0.3 is 25.3 Å². The van der Waals surface area contributed by atoms with Gasteiger partial charge in [0.2, 0.25) is 11.7 Å². The average Bonchev–Trinajstić information content (AvgIpc) is 3.44. The molecule has 39 heavy (non-hydrogen) atoms. The van der Waals surface area contributed by atoms with Gasteiger partial charge in [-0.1, -0.05) is 11.6 Å². The zero-order chi connectivity index (χ0) is 27.7. The van der Waals surface area contributed by atoms with Crippen LogP contribution in [0.4, 0.5) is 14.6 Å². The molecule has 202 valence electrons. The Balaban J connectivity index is 0.000000707. The molecule has 2 aliphatic heterocycles. The number of rotatable bonds is 4. The maximum absolute atomic E-state index is 14.1. The molecule has 4 heterocycles. The summed E-state index contributed by atoms with van der Waals surface area (Å²) in [7, 11) is 1.39. The van der Waals surface area contributed by atoms with E-state index in [1.165, 1.54) is 48.4 Å². The predicted octanol–water partition coefficient (Wildman–Crippen LogP) is 3.66. The third kappa shape index (κ3) is 5.33. The zero-order valence-corrected chi connectivity index (χ0v) is 22.0. The van der Waals surface area contributed by atoms with E-state index in [2.05, 4.69) is 25.3 Å². The molecule has 1 saturated heterocycles. The van der Waals surface area contributed by atoms with Crippen molar-refractivity contribution in [1.29, 1.82) is 0 Å². The van der Waals surface area contributed by atoms with Crippen LogP contribution in [0.5, 0.6) is 0 Å². The van der Waals surface area contributed by atoms with E-state index in [9.17, 15) is 23.2 Å². The minimum absolute atomic E-state index is 0.0343. The van der Waals surface area contributed by atoms with Gasteiger partial charge in [0.05, 0.1) is 16.4 Å². The summed E-state index contributed by atoms with van der Waals surface area (Å²) in [6.07, 6.45) is 1.28. The molecule has 1 atom stereocenters. The van der Waals surface area contributed by atoms with Crippen LogP contribution < -0.4 is 16.0 Å². The van der Waals surface area contributed by atoms with Gasteiger partial charge in [-0.2, -0.15) is 4.37 Å². The Morgan fingerprint density at radius 3 is 2.54 bits per heavy atom. The van der Waals surface area contributed by atoms with Crippen molar-refractivity contribution in [2.24, 2.45) is 0 Å². The van der Waals surface area contributed by atoms with Crippen LogP contribution in [-0.4, -0.2) is 51.9 Å². The molecule has 0 radical (unpaired) electrons. The van der Waals surface area contributed by atoms with Crippen molar-refractivity contribution < 1.29 is 27.9 Å². The number of carbonyl (C=O) groups is 3. The standard InChI is InChI=1S/C22H15ClF2N6O3S.C3H6O/c1-26-22(34)20-28-19(29-21(33)17-12-7-10(25)3-5-14(12)35-30-17)18-16(27-15(32)8-31(18)20)11-6-9(24)2-4-13(11)23;1-2-4-3-1/h2-7,16H,8H2,1H3,(H,26,34)(H,27,32)(H,29,33);1-3H2. The van der Waals surface area contributed by atoms with Crippen molar-refractivity contribution >= 4 is 56.8 Å². The Bertz CT molecular complexity index is 1600. The molecule has 2 aliphatic rings. The molecule has 14 heteroatoms. The number of nitrogens with one attached hydrogen (secondary N) is 3. The third-order valence-corrected chi connectivity index (χ3v) is 7.21. The second-order valence-corrected chi connectivity index (χ2v) is 9.80. The van der Waals surface area contributed by atoms with Crippen LogP contribution in [0.3, 0.4) is 0 Å². The van der Waals surface area contributed by atoms with Gasteiger partial charge in [0.15, 0.2) is 5.82 Å². The highest BCUT2D eigenvalue weighted by molar-refractivity contribution is 7.13. The highest BCUT2D eigenvalue weighted by Crippen LogP contribution is 2.36. The van der Waals surface area contributed by atoms with Crippen LogP contribution in [0.15, 0.2) is 36.4 Å². The van der Waals surface area contributed by atoms with Crippen LogP contribution >= 0.6 is 23.1 Å². The summed E-state index contributed by atoms with van der Waals surface area (Å²) in [5, 5.41) is 8.24. The number of nitrogens with zero attached hydrogens (tertiary/aromatic N) is 3. The molecular weight excluding hydrogens is 554 g/mol. The number of fused-ring (bicyclic) bond motifs is 2. The first kappa shape index (κ1) is 26.7. The van der Waals surface area contributed by atoms with E-state index in [4.69, 9.17) is 16.3 Å². The molecule has 4 aromatic rings. The summed E-state index contributed by atoms with van der Waals surface area (Å²) in [6, 6.07) is 6.60. The number of ether oxygens (including phenoxy) is 1. The third-order valence-electron chi connectivity index (χ3n) is 6.04. The van der Waals surface area contributed by atoms with Crippen molar-refractivity contribution in [3.63, 3.8) is 0 Å². The van der Waals surface area contributed by atoms with Gasteiger partial charge in [-0.15, -0.1) is 0 Å². The molecule has 10 nitrogen and oxygen atoms in total. The monoisotopic (exact) mass is 574 g/mol. The van der Waals surface area contributed by atoms with E-state index in [0.717, 1.165) is 30.8 Å². The fraction of sp³-hybridized carbons (Fsp3) is 0.240. The first-order chi connectivity index (χ1) is 18.8. The van der Waals surface area contributed by atoms with Crippen molar-refractivity contribution in [3.05, 3.63) is 75.8 Å². The maximum Gasteiger partial charge on any atom is 0.287 e. The minimum atomic E-state index is -1.02. The lowest BCUT2D eigenvalue weighted by molar-refractivity contribution is -0.123. The zero-order valence-electron chi connectivity index (χ0n) is 20.4.